The van der Waals surface area contributed by atoms with Crippen LogP contribution in [0.4, 0.5) is 5.95 Å². The number of nitrogens with one attached hydrogen (secondary N) is 1. The second kappa shape index (κ2) is 14.3. The van der Waals surface area contributed by atoms with Gasteiger partial charge >= 0.3 is 0 Å². The highest BCUT2D eigenvalue weighted by atomic mass is 16.2. The van der Waals surface area contributed by atoms with Gasteiger partial charge in [-0.15, -0.1) is 0 Å². The normalized spacial score (nSPS) is 12.2. The lowest BCUT2D eigenvalue weighted by Gasteiger charge is -2.12. The minimum atomic E-state index is -0.244. The lowest BCUT2D eigenvalue weighted by molar-refractivity contribution is -0.114. The van der Waals surface area contributed by atoms with Crippen molar-refractivity contribution >= 4 is 40.2 Å². The number of carbonyl (C=O) groups is 3. The van der Waals surface area contributed by atoms with Crippen LogP contribution < -0.4 is 5.32 Å². The van der Waals surface area contributed by atoms with E-state index in [9.17, 15) is 14.4 Å². The highest BCUT2D eigenvalue weighted by Gasteiger charge is 2.17. The van der Waals surface area contributed by atoms with Crippen LogP contribution in [-0.4, -0.2) is 39.8 Å². The van der Waals surface area contributed by atoms with Gasteiger partial charge in [0, 0.05) is 19.0 Å². The molecule has 220 valence electrons. The number of carbonyl (C=O) groups excluding carboxylic acids is 3. The number of aliphatic imine (C=N–C) groups is 1. The van der Waals surface area contributed by atoms with Crippen LogP contribution in [-0.2, 0) is 29.0 Å². The standard InChI is InChI=1S/C36H38N4O3/c1-6-24(3)18-31(42)21-27-15-17-34-33(22-27)38-36(39-35(43)30-13-8-10-26(7-2)19-30)40(34)23-28-11-9-12-29(20-28)32(37-5)16-14-25(4)41/h8-20,22H,6-7,21,23H2,1-5H3,(H,38,39,43)/b16-14-,24-18+,37-32?. The maximum Gasteiger partial charge on any atom is 0.257 e. The third-order valence-electron chi connectivity index (χ3n) is 7.26. The van der Waals surface area contributed by atoms with E-state index in [1.54, 1.807) is 25.3 Å². The van der Waals surface area contributed by atoms with Crippen molar-refractivity contribution in [3.05, 3.63) is 118 Å². The summed E-state index contributed by atoms with van der Waals surface area (Å²) < 4.78 is 1.97. The number of ketones is 2. The molecule has 4 rings (SSSR count). The van der Waals surface area contributed by atoms with E-state index < -0.39 is 0 Å². The minimum Gasteiger partial charge on any atom is -0.305 e. The average molecular weight is 575 g/mol. The molecule has 0 fully saturated rings. The highest BCUT2D eigenvalue weighted by Crippen LogP contribution is 2.24. The molecule has 0 atom stereocenters. The van der Waals surface area contributed by atoms with Crippen molar-refractivity contribution < 1.29 is 14.4 Å². The van der Waals surface area contributed by atoms with Gasteiger partial charge in [-0.25, -0.2) is 4.98 Å². The number of aryl methyl sites for hydroxylation is 1. The van der Waals surface area contributed by atoms with Crippen molar-refractivity contribution in [3.8, 4) is 0 Å². The van der Waals surface area contributed by atoms with Crippen LogP contribution in [0, 0.1) is 0 Å². The SMILES string of the molecule is CC/C(C)=C/C(=O)Cc1ccc2c(c1)nc(NC(=O)c1cccc(CC)c1)n2Cc1cccc(C(/C=C\C(C)=O)=NC)c1. The predicted octanol–water partition coefficient (Wildman–Crippen LogP) is 6.93. The number of benzene rings is 3. The third-order valence-corrected chi connectivity index (χ3v) is 7.26. The topological polar surface area (TPSA) is 93.4 Å². The lowest BCUT2D eigenvalue weighted by atomic mass is 10.0. The van der Waals surface area contributed by atoms with E-state index in [0.29, 0.717) is 29.3 Å². The molecule has 0 aliphatic carbocycles. The summed E-state index contributed by atoms with van der Waals surface area (Å²) in [5.41, 5.74) is 7.60. The molecule has 3 aromatic carbocycles. The summed E-state index contributed by atoms with van der Waals surface area (Å²) in [6.45, 7) is 7.97. The van der Waals surface area contributed by atoms with Gasteiger partial charge in [0.25, 0.3) is 5.91 Å². The van der Waals surface area contributed by atoms with Crippen molar-refractivity contribution in [1.82, 2.24) is 9.55 Å². The van der Waals surface area contributed by atoms with Crippen LogP contribution in [0.3, 0.4) is 0 Å². The molecule has 4 aromatic rings. The molecule has 0 bridgehead atoms. The van der Waals surface area contributed by atoms with Gasteiger partial charge in [-0.2, -0.15) is 0 Å². The smallest absolute Gasteiger partial charge is 0.257 e. The fraction of sp³-hybridized carbons (Fsp3) is 0.250. The molecule has 0 saturated carbocycles. The van der Waals surface area contributed by atoms with Gasteiger partial charge in [-0.3, -0.25) is 24.7 Å². The largest absolute Gasteiger partial charge is 0.305 e. The summed E-state index contributed by atoms with van der Waals surface area (Å²) in [4.78, 5) is 46.6. The molecule has 0 aliphatic heterocycles. The Labute approximate surface area is 253 Å². The summed E-state index contributed by atoms with van der Waals surface area (Å²) >= 11 is 0. The first-order valence-corrected chi connectivity index (χ1v) is 14.5. The number of hydrogen-bond acceptors (Lipinski definition) is 5. The monoisotopic (exact) mass is 574 g/mol. The molecular weight excluding hydrogens is 536 g/mol. The molecule has 43 heavy (non-hydrogen) atoms. The average Bonchev–Trinajstić information content (AvgIpc) is 3.32. The van der Waals surface area contributed by atoms with E-state index in [-0.39, 0.29) is 23.9 Å². The third kappa shape index (κ3) is 8.10. The molecule has 1 amide bonds. The molecule has 7 heteroatoms. The Morgan fingerprint density at radius 3 is 2.30 bits per heavy atom. The maximum absolute atomic E-state index is 13.4. The zero-order valence-corrected chi connectivity index (χ0v) is 25.5. The Bertz CT molecular complexity index is 1760. The highest BCUT2D eigenvalue weighted by molar-refractivity contribution is 6.11. The second-order valence-electron chi connectivity index (χ2n) is 10.6. The molecule has 1 heterocycles. The minimum absolute atomic E-state index is 0.0477. The van der Waals surface area contributed by atoms with Gasteiger partial charge in [0.1, 0.15) is 0 Å². The Balaban J connectivity index is 1.73. The van der Waals surface area contributed by atoms with Crippen LogP contribution in [0.5, 0.6) is 0 Å². The molecule has 0 aliphatic rings. The van der Waals surface area contributed by atoms with Gasteiger partial charge < -0.3 is 4.57 Å². The number of hydrogen-bond donors (Lipinski definition) is 1. The fourth-order valence-corrected chi connectivity index (χ4v) is 4.78. The van der Waals surface area contributed by atoms with Crippen LogP contribution in [0.1, 0.15) is 66.7 Å². The van der Waals surface area contributed by atoms with Crippen molar-refractivity contribution in [2.75, 3.05) is 12.4 Å². The first-order chi connectivity index (χ1) is 20.7. The number of fused-ring (bicyclic) bond motifs is 1. The van der Waals surface area contributed by atoms with E-state index in [1.807, 2.05) is 79.1 Å². The van der Waals surface area contributed by atoms with Crippen LogP contribution in [0.15, 0.2) is 95.5 Å². The molecule has 0 unspecified atom stereocenters. The first-order valence-electron chi connectivity index (χ1n) is 14.5. The Kier molecular flexibility index (Phi) is 10.3. The van der Waals surface area contributed by atoms with Gasteiger partial charge in [0.05, 0.1) is 23.3 Å². The Hall–Kier alpha value is -4.91. The fourth-order valence-electron chi connectivity index (χ4n) is 4.78. The molecule has 1 aromatic heterocycles. The number of imidazole rings is 1. The number of rotatable bonds is 12. The van der Waals surface area contributed by atoms with Crippen molar-refractivity contribution in [2.45, 2.75) is 53.5 Å². The summed E-state index contributed by atoms with van der Waals surface area (Å²) in [5.74, 6) is 0.167. The number of amides is 1. The van der Waals surface area contributed by atoms with E-state index in [2.05, 4.69) is 17.2 Å². The summed E-state index contributed by atoms with van der Waals surface area (Å²) in [5, 5.41) is 3.03. The number of nitrogens with zero attached hydrogens (tertiary/aromatic N) is 3. The number of allylic oxidation sites excluding steroid dienone is 4. The van der Waals surface area contributed by atoms with Crippen LogP contribution >= 0.6 is 0 Å². The zero-order chi connectivity index (χ0) is 30.9. The molecule has 7 nitrogen and oxygen atoms in total. The Morgan fingerprint density at radius 2 is 1.60 bits per heavy atom. The first kappa shape index (κ1) is 31.0. The van der Waals surface area contributed by atoms with E-state index in [4.69, 9.17) is 4.98 Å². The van der Waals surface area contributed by atoms with E-state index in [1.165, 1.54) is 13.0 Å². The van der Waals surface area contributed by atoms with Crippen LogP contribution in [0.2, 0.25) is 0 Å². The van der Waals surface area contributed by atoms with Crippen LogP contribution in [0.25, 0.3) is 11.0 Å². The Morgan fingerprint density at radius 1 is 0.884 bits per heavy atom. The van der Waals surface area contributed by atoms with E-state index >= 15 is 0 Å². The van der Waals surface area contributed by atoms with Crippen molar-refractivity contribution in [2.24, 2.45) is 4.99 Å². The lowest BCUT2D eigenvalue weighted by Crippen LogP contribution is -2.16. The summed E-state index contributed by atoms with van der Waals surface area (Å²) in [6, 6.07) is 21.3. The maximum atomic E-state index is 13.4. The number of aromatic nitrogens is 2. The quantitative estimate of drug-likeness (QED) is 0.147. The molecule has 1 N–H and O–H groups in total. The molecule has 0 radical (unpaired) electrons. The summed E-state index contributed by atoms with van der Waals surface area (Å²) in [6.07, 6.45) is 6.85. The van der Waals surface area contributed by atoms with Crippen molar-refractivity contribution in [1.29, 1.82) is 0 Å². The van der Waals surface area contributed by atoms with Gasteiger partial charge in [0.15, 0.2) is 11.6 Å². The summed E-state index contributed by atoms with van der Waals surface area (Å²) in [7, 11) is 1.69. The second-order valence-corrected chi connectivity index (χ2v) is 10.6. The van der Waals surface area contributed by atoms with Crippen molar-refractivity contribution in [3.63, 3.8) is 0 Å². The molecule has 0 saturated heterocycles. The molecular formula is C36H38N4O3. The van der Waals surface area contributed by atoms with Gasteiger partial charge in [0.2, 0.25) is 5.95 Å². The zero-order valence-electron chi connectivity index (χ0n) is 25.5. The van der Waals surface area contributed by atoms with Gasteiger partial charge in [-0.05, 0) is 97.5 Å². The molecule has 0 spiro atoms. The number of anilines is 1. The van der Waals surface area contributed by atoms with Gasteiger partial charge in [-0.1, -0.05) is 55.8 Å². The predicted molar refractivity (Wildman–Crippen MR) is 174 cm³/mol. The van der Waals surface area contributed by atoms with E-state index in [0.717, 1.165) is 46.2 Å².